The molecule has 6 nitrogen and oxygen atoms in total. The van der Waals surface area contributed by atoms with Crippen LogP contribution >= 0.6 is 0 Å². The molecule has 1 aromatic carbocycles. The molecule has 1 aromatic rings. The summed E-state index contributed by atoms with van der Waals surface area (Å²) in [5, 5.41) is 2.57. The van der Waals surface area contributed by atoms with E-state index in [1.165, 1.54) is 12.1 Å². The number of rotatable bonds is 6. The molecule has 17 heavy (non-hydrogen) atoms. The summed E-state index contributed by atoms with van der Waals surface area (Å²) in [5.41, 5.74) is 6.36. The van der Waals surface area contributed by atoms with Gasteiger partial charge >= 0.3 is 0 Å². The lowest BCUT2D eigenvalue weighted by molar-refractivity contribution is 0.294. The van der Waals surface area contributed by atoms with Gasteiger partial charge in [-0.05, 0) is 19.1 Å². The molecule has 0 aromatic heterocycles. The van der Waals surface area contributed by atoms with Crippen LogP contribution in [0.3, 0.4) is 0 Å². The Morgan fingerprint density at radius 1 is 1.35 bits per heavy atom. The van der Waals surface area contributed by atoms with E-state index in [0.29, 0.717) is 0 Å². The van der Waals surface area contributed by atoms with Crippen LogP contribution in [0.4, 0.5) is 0 Å². The normalized spacial score (nSPS) is 13.3. The maximum atomic E-state index is 11.7. The van der Waals surface area contributed by atoms with Crippen molar-refractivity contribution in [3.63, 3.8) is 0 Å². The number of benzene rings is 1. The van der Waals surface area contributed by atoms with Crippen LogP contribution in [0, 0.1) is 11.8 Å². The van der Waals surface area contributed by atoms with Crippen LogP contribution in [-0.4, -0.2) is 27.6 Å². The average molecular weight is 258 g/mol. The van der Waals surface area contributed by atoms with Crippen molar-refractivity contribution in [2.24, 2.45) is 10.9 Å². The van der Waals surface area contributed by atoms with E-state index in [-0.39, 0.29) is 18.0 Å². The van der Waals surface area contributed by atoms with E-state index in [2.05, 4.69) is 5.18 Å². The maximum Gasteiger partial charge on any atom is 0.297 e. The Morgan fingerprint density at radius 3 is 2.47 bits per heavy atom. The highest BCUT2D eigenvalue weighted by molar-refractivity contribution is 7.86. The first-order valence-corrected chi connectivity index (χ1v) is 6.37. The smallest absolute Gasteiger partial charge is 0.297 e. The van der Waals surface area contributed by atoms with Gasteiger partial charge in [-0.2, -0.15) is 13.3 Å². The summed E-state index contributed by atoms with van der Waals surface area (Å²) >= 11 is 0. The molecule has 0 bridgehead atoms. The lowest BCUT2D eigenvalue weighted by Gasteiger charge is -2.09. The highest BCUT2D eigenvalue weighted by Gasteiger charge is 2.16. The van der Waals surface area contributed by atoms with Crippen molar-refractivity contribution in [3.05, 3.63) is 34.7 Å². The summed E-state index contributed by atoms with van der Waals surface area (Å²) in [5.74, 6) is 0. The molecular weight excluding hydrogens is 244 g/mol. The minimum absolute atomic E-state index is 0.0642. The number of aryl methyl sites for hydroxylation is 1. The molecule has 1 unspecified atom stereocenters. The molecule has 0 fully saturated rings. The van der Waals surface area contributed by atoms with Crippen LogP contribution in [0.25, 0.3) is 0 Å². The van der Waals surface area contributed by atoms with Gasteiger partial charge in [0.1, 0.15) is 0 Å². The van der Waals surface area contributed by atoms with Crippen molar-refractivity contribution < 1.29 is 12.6 Å². The quantitative estimate of drug-likeness (QED) is 0.601. The SMILES string of the molecule is Cc1ccc(S(=O)(=O)OCC(N)CN=O)cc1. The van der Waals surface area contributed by atoms with Crippen LogP contribution in [-0.2, 0) is 14.3 Å². The fourth-order valence-corrected chi connectivity index (χ4v) is 2.06. The first-order valence-electron chi connectivity index (χ1n) is 4.96. The van der Waals surface area contributed by atoms with E-state index >= 15 is 0 Å². The first-order chi connectivity index (χ1) is 7.95. The van der Waals surface area contributed by atoms with Gasteiger partial charge in [0.25, 0.3) is 10.1 Å². The number of nitroso groups, excluding NO2 is 1. The largest absolute Gasteiger partial charge is 0.324 e. The molecule has 0 radical (unpaired) electrons. The Bertz CT molecular complexity index is 470. The average Bonchev–Trinajstić information content (AvgIpc) is 2.28. The summed E-state index contributed by atoms with van der Waals surface area (Å²) in [6.07, 6.45) is 0. The third-order valence-electron chi connectivity index (χ3n) is 2.06. The molecule has 0 aliphatic heterocycles. The second-order valence-corrected chi connectivity index (χ2v) is 5.24. The summed E-state index contributed by atoms with van der Waals surface area (Å²) in [6.45, 7) is 1.41. The van der Waals surface area contributed by atoms with E-state index in [1.807, 2.05) is 6.92 Å². The van der Waals surface area contributed by atoms with Crippen molar-refractivity contribution in [2.75, 3.05) is 13.2 Å². The molecular formula is C10H14N2O4S. The molecule has 1 rings (SSSR count). The molecule has 0 heterocycles. The van der Waals surface area contributed by atoms with Gasteiger partial charge in [0, 0.05) is 0 Å². The third-order valence-corrected chi connectivity index (χ3v) is 3.35. The van der Waals surface area contributed by atoms with Crippen molar-refractivity contribution in [2.45, 2.75) is 17.9 Å². The van der Waals surface area contributed by atoms with E-state index in [4.69, 9.17) is 9.92 Å². The first kappa shape index (κ1) is 13.8. The van der Waals surface area contributed by atoms with Crippen molar-refractivity contribution in [1.29, 1.82) is 0 Å². The van der Waals surface area contributed by atoms with Gasteiger partial charge in [0.2, 0.25) is 0 Å². The van der Waals surface area contributed by atoms with Gasteiger partial charge in [-0.1, -0.05) is 22.9 Å². The zero-order chi connectivity index (χ0) is 12.9. The number of hydrogen-bond donors (Lipinski definition) is 1. The predicted molar refractivity (Wildman–Crippen MR) is 63.0 cm³/mol. The summed E-state index contributed by atoms with van der Waals surface area (Å²) < 4.78 is 28.0. The van der Waals surface area contributed by atoms with E-state index in [0.717, 1.165) is 5.56 Å². The zero-order valence-electron chi connectivity index (χ0n) is 9.37. The van der Waals surface area contributed by atoms with Crippen molar-refractivity contribution in [1.82, 2.24) is 0 Å². The van der Waals surface area contributed by atoms with Crippen molar-refractivity contribution >= 4 is 10.1 Å². The molecule has 1 atom stereocenters. The Hall–Kier alpha value is -1.31. The maximum absolute atomic E-state index is 11.7. The Kier molecular flexibility index (Phi) is 4.73. The minimum Gasteiger partial charge on any atom is -0.324 e. The van der Waals surface area contributed by atoms with Gasteiger partial charge in [-0.3, -0.25) is 4.18 Å². The summed E-state index contributed by atoms with van der Waals surface area (Å²) in [6, 6.07) is 5.53. The molecule has 2 N–H and O–H groups in total. The zero-order valence-corrected chi connectivity index (χ0v) is 10.2. The second-order valence-electron chi connectivity index (χ2n) is 3.62. The van der Waals surface area contributed by atoms with Crippen LogP contribution in [0.15, 0.2) is 34.3 Å². The highest BCUT2D eigenvalue weighted by Crippen LogP contribution is 2.13. The Balaban J connectivity index is 2.69. The number of nitrogens with two attached hydrogens (primary N) is 1. The van der Waals surface area contributed by atoms with Crippen LogP contribution < -0.4 is 5.73 Å². The Labute approximate surface area is 99.9 Å². The second kappa shape index (κ2) is 5.85. The van der Waals surface area contributed by atoms with Gasteiger partial charge < -0.3 is 5.73 Å². The lowest BCUT2D eigenvalue weighted by atomic mass is 10.2. The fourth-order valence-electron chi connectivity index (χ4n) is 1.10. The summed E-state index contributed by atoms with van der Waals surface area (Å²) in [4.78, 5) is 9.98. The topological polar surface area (TPSA) is 98.8 Å². The molecule has 7 heteroatoms. The minimum atomic E-state index is -3.81. The van der Waals surface area contributed by atoms with Crippen LogP contribution in [0.1, 0.15) is 5.56 Å². The monoisotopic (exact) mass is 258 g/mol. The molecule has 0 aliphatic carbocycles. The lowest BCUT2D eigenvalue weighted by Crippen LogP contribution is -2.30. The van der Waals surface area contributed by atoms with E-state index in [1.54, 1.807) is 12.1 Å². The highest BCUT2D eigenvalue weighted by atomic mass is 32.2. The van der Waals surface area contributed by atoms with Gasteiger partial charge in [-0.15, -0.1) is 0 Å². The standard InChI is InChI=1S/C10H14N2O4S/c1-8-2-4-10(5-3-8)17(14,15)16-7-9(11)6-12-13/h2-5,9H,6-7,11H2,1H3. The Morgan fingerprint density at radius 2 is 1.94 bits per heavy atom. The van der Waals surface area contributed by atoms with Gasteiger partial charge in [0.15, 0.2) is 0 Å². The molecule has 0 amide bonds. The predicted octanol–water partition coefficient (Wildman–Crippen LogP) is 0.794. The molecule has 94 valence electrons. The molecule has 0 spiro atoms. The molecule has 0 saturated carbocycles. The number of nitrogens with zero attached hydrogens (tertiary/aromatic N) is 1. The summed E-state index contributed by atoms with van der Waals surface area (Å²) in [7, 11) is -3.81. The fraction of sp³-hybridized carbons (Fsp3) is 0.400. The van der Waals surface area contributed by atoms with E-state index < -0.39 is 16.2 Å². The van der Waals surface area contributed by atoms with Gasteiger partial charge in [0.05, 0.1) is 24.1 Å². The van der Waals surface area contributed by atoms with E-state index in [9.17, 15) is 13.3 Å². The van der Waals surface area contributed by atoms with Crippen LogP contribution in [0.5, 0.6) is 0 Å². The molecule has 0 saturated heterocycles. The third kappa shape index (κ3) is 4.22. The van der Waals surface area contributed by atoms with Gasteiger partial charge in [-0.25, -0.2) is 0 Å². The van der Waals surface area contributed by atoms with Crippen molar-refractivity contribution in [3.8, 4) is 0 Å². The van der Waals surface area contributed by atoms with Crippen LogP contribution in [0.2, 0.25) is 0 Å². The molecule has 0 aliphatic rings. The number of hydrogen-bond acceptors (Lipinski definition) is 6.